The van der Waals surface area contributed by atoms with Crippen LogP contribution < -0.4 is 10.6 Å². The SMILES string of the molecule is CN=C(NCCCSC)NCc1ccc(C(F)(F)F)cc1.I. The average molecular weight is 447 g/mol. The Balaban J connectivity index is 0.00000441. The zero-order chi connectivity index (χ0) is 15.7. The number of thioether (sulfide) groups is 1. The van der Waals surface area contributed by atoms with Gasteiger partial charge in [-0.05, 0) is 36.1 Å². The zero-order valence-electron chi connectivity index (χ0n) is 12.5. The van der Waals surface area contributed by atoms with Crippen molar-refractivity contribution in [3.05, 3.63) is 35.4 Å². The second kappa shape index (κ2) is 11.0. The monoisotopic (exact) mass is 447 g/mol. The minimum absolute atomic E-state index is 0. The summed E-state index contributed by atoms with van der Waals surface area (Å²) in [5.41, 5.74) is 0.140. The van der Waals surface area contributed by atoms with Gasteiger partial charge < -0.3 is 10.6 Å². The molecule has 3 nitrogen and oxygen atoms in total. The van der Waals surface area contributed by atoms with Gasteiger partial charge in [0.2, 0.25) is 0 Å². The maximum Gasteiger partial charge on any atom is 0.416 e. The molecule has 0 saturated heterocycles. The summed E-state index contributed by atoms with van der Waals surface area (Å²) in [7, 11) is 1.66. The van der Waals surface area contributed by atoms with E-state index in [0.717, 1.165) is 36.4 Å². The van der Waals surface area contributed by atoms with Crippen molar-refractivity contribution in [2.75, 3.05) is 25.6 Å². The highest BCUT2D eigenvalue weighted by Crippen LogP contribution is 2.28. The Labute approximate surface area is 150 Å². The third kappa shape index (κ3) is 8.11. The van der Waals surface area contributed by atoms with Crippen molar-refractivity contribution in [3.63, 3.8) is 0 Å². The number of nitrogens with zero attached hydrogens (tertiary/aromatic N) is 1. The first-order valence-electron chi connectivity index (χ1n) is 6.57. The molecular weight excluding hydrogens is 426 g/mol. The number of hydrogen-bond acceptors (Lipinski definition) is 2. The van der Waals surface area contributed by atoms with Crippen LogP contribution in [0.5, 0.6) is 0 Å². The summed E-state index contributed by atoms with van der Waals surface area (Å²) in [6.45, 7) is 1.24. The summed E-state index contributed by atoms with van der Waals surface area (Å²) >= 11 is 1.78. The number of guanidine groups is 1. The van der Waals surface area contributed by atoms with E-state index in [1.165, 1.54) is 12.1 Å². The van der Waals surface area contributed by atoms with Crippen LogP contribution in [0.3, 0.4) is 0 Å². The lowest BCUT2D eigenvalue weighted by molar-refractivity contribution is -0.137. The first-order chi connectivity index (χ1) is 9.97. The molecule has 0 amide bonds. The molecule has 1 rings (SSSR count). The summed E-state index contributed by atoms with van der Waals surface area (Å²) in [4.78, 5) is 4.07. The molecule has 0 saturated carbocycles. The van der Waals surface area contributed by atoms with Gasteiger partial charge in [-0.1, -0.05) is 12.1 Å². The van der Waals surface area contributed by atoms with Crippen molar-refractivity contribution in [2.45, 2.75) is 19.1 Å². The molecule has 0 bridgehead atoms. The Hall–Kier alpha value is -0.640. The molecule has 2 N–H and O–H groups in total. The van der Waals surface area contributed by atoms with Crippen molar-refractivity contribution in [3.8, 4) is 0 Å². The predicted molar refractivity (Wildman–Crippen MR) is 98.1 cm³/mol. The molecule has 1 aromatic carbocycles. The first-order valence-corrected chi connectivity index (χ1v) is 7.96. The van der Waals surface area contributed by atoms with Gasteiger partial charge >= 0.3 is 6.18 Å². The van der Waals surface area contributed by atoms with Crippen LogP contribution in [0.25, 0.3) is 0 Å². The number of halogens is 4. The molecule has 126 valence electrons. The minimum atomic E-state index is -4.29. The van der Waals surface area contributed by atoms with E-state index in [1.807, 2.05) is 0 Å². The van der Waals surface area contributed by atoms with E-state index in [0.29, 0.717) is 12.5 Å². The molecule has 0 aliphatic heterocycles. The van der Waals surface area contributed by atoms with Gasteiger partial charge in [-0.2, -0.15) is 24.9 Å². The molecule has 0 heterocycles. The Morgan fingerprint density at radius 1 is 1.18 bits per heavy atom. The lowest BCUT2D eigenvalue weighted by Crippen LogP contribution is -2.37. The fraction of sp³-hybridized carbons (Fsp3) is 0.500. The van der Waals surface area contributed by atoms with E-state index >= 15 is 0 Å². The van der Waals surface area contributed by atoms with E-state index in [4.69, 9.17) is 0 Å². The number of benzene rings is 1. The highest BCUT2D eigenvalue weighted by molar-refractivity contribution is 14.0. The molecule has 8 heteroatoms. The molecule has 1 aromatic rings. The fourth-order valence-electron chi connectivity index (χ4n) is 1.64. The van der Waals surface area contributed by atoms with Gasteiger partial charge in [0.1, 0.15) is 0 Å². The van der Waals surface area contributed by atoms with Crippen LogP contribution in [-0.2, 0) is 12.7 Å². The number of aliphatic imine (C=N–C) groups is 1. The number of rotatable bonds is 6. The second-order valence-electron chi connectivity index (χ2n) is 4.39. The summed E-state index contributed by atoms with van der Waals surface area (Å²) in [6.07, 6.45) is -1.21. The van der Waals surface area contributed by atoms with E-state index in [1.54, 1.807) is 18.8 Å². The summed E-state index contributed by atoms with van der Waals surface area (Å²) in [5.74, 6) is 1.72. The van der Waals surface area contributed by atoms with Crippen molar-refractivity contribution in [1.82, 2.24) is 10.6 Å². The minimum Gasteiger partial charge on any atom is -0.356 e. The second-order valence-corrected chi connectivity index (χ2v) is 5.38. The molecule has 0 aliphatic rings. The quantitative estimate of drug-likeness (QED) is 0.302. The topological polar surface area (TPSA) is 36.4 Å². The molecular formula is C14H21F3IN3S. The number of nitrogens with one attached hydrogen (secondary N) is 2. The fourth-order valence-corrected chi connectivity index (χ4v) is 2.07. The van der Waals surface area contributed by atoms with E-state index in [9.17, 15) is 13.2 Å². The lowest BCUT2D eigenvalue weighted by Gasteiger charge is -2.12. The Morgan fingerprint density at radius 3 is 2.32 bits per heavy atom. The number of hydrogen-bond donors (Lipinski definition) is 2. The van der Waals surface area contributed by atoms with Gasteiger partial charge in [0, 0.05) is 20.1 Å². The number of alkyl halides is 3. The molecule has 0 aliphatic carbocycles. The van der Waals surface area contributed by atoms with Gasteiger partial charge in [0.05, 0.1) is 5.56 Å². The third-order valence-electron chi connectivity index (χ3n) is 2.78. The van der Waals surface area contributed by atoms with Crippen molar-refractivity contribution in [2.24, 2.45) is 4.99 Å². The normalized spacial score (nSPS) is 11.8. The van der Waals surface area contributed by atoms with Crippen LogP contribution in [0.2, 0.25) is 0 Å². The molecule has 0 atom stereocenters. The van der Waals surface area contributed by atoms with Gasteiger partial charge in [-0.15, -0.1) is 24.0 Å². The Morgan fingerprint density at radius 2 is 1.82 bits per heavy atom. The maximum atomic E-state index is 12.4. The van der Waals surface area contributed by atoms with Crippen molar-refractivity contribution >= 4 is 41.7 Å². The van der Waals surface area contributed by atoms with Crippen LogP contribution >= 0.6 is 35.7 Å². The van der Waals surface area contributed by atoms with Gasteiger partial charge in [0.15, 0.2) is 5.96 Å². The molecule has 0 radical (unpaired) electrons. The van der Waals surface area contributed by atoms with Crippen LogP contribution in [0.1, 0.15) is 17.5 Å². The van der Waals surface area contributed by atoms with Crippen LogP contribution in [0, 0.1) is 0 Å². The molecule has 22 heavy (non-hydrogen) atoms. The van der Waals surface area contributed by atoms with Crippen LogP contribution in [-0.4, -0.2) is 31.6 Å². The van der Waals surface area contributed by atoms with Crippen LogP contribution in [0.4, 0.5) is 13.2 Å². The van der Waals surface area contributed by atoms with Crippen molar-refractivity contribution < 1.29 is 13.2 Å². The van der Waals surface area contributed by atoms with E-state index in [-0.39, 0.29) is 24.0 Å². The van der Waals surface area contributed by atoms with E-state index < -0.39 is 11.7 Å². The molecule has 0 spiro atoms. The summed E-state index contributed by atoms with van der Waals surface area (Å²) < 4.78 is 37.3. The lowest BCUT2D eigenvalue weighted by atomic mass is 10.1. The highest BCUT2D eigenvalue weighted by Gasteiger charge is 2.29. The smallest absolute Gasteiger partial charge is 0.356 e. The maximum absolute atomic E-state index is 12.4. The predicted octanol–water partition coefficient (Wildman–Crippen LogP) is 3.74. The Kier molecular flexibility index (Phi) is 10.7. The summed E-state index contributed by atoms with van der Waals surface area (Å²) in [6, 6.07) is 5.12. The van der Waals surface area contributed by atoms with Gasteiger partial charge in [-0.3, -0.25) is 4.99 Å². The van der Waals surface area contributed by atoms with Crippen LogP contribution in [0.15, 0.2) is 29.3 Å². The van der Waals surface area contributed by atoms with Gasteiger partial charge in [-0.25, -0.2) is 0 Å². The molecule has 0 fully saturated rings. The standard InChI is InChI=1S/C14H20F3N3S.HI/c1-18-13(19-8-3-9-21-2)20-10-11-4-6-12(7-5-11)14(15,16)17;/h4-7H,3,8-10H2,1-2H3,(H2,18,19,20);1H. The zero-order valence-corrected chi connectivity index (χ0v) is 15.7. The largest absolute Gasteiger partial charge is 0.416 e. The first kappa shape index (κ1) is 21.4. The molecule has 0 unspecified atom stereocenters. The summed E-state index contributed by atoms with van der Waals surface area (Å²) in [5, 5.41) is 6.23. The highest BCUT2D eigenvalue weighted by atomic mass is 127. The third-order valence-corrected chi connectivity index (χ3v) is 3.48. The van der Waals surface area contributed by atoms with Gasteiger partial charge in [0.25, 0.3) is 0 Å². The average Bonchev–Trinajstić information content (AvgIpc) is 2.46. The van der Waals surface area contributed by atoms with Crippen molar-refractivity contribution in [1.29, 1.82) is 0 Å². The van der Waals surface area contributed by atoms with E-state index in [2.05, 4.69) is 21.9 Å². The Bertz CT molecular complexity index is 450. The molecule has 0 aromatic heterocycles.